The predicted molar refractivity (Wildman–Crippen MR) is 94.0 cm³/mol. The molecule has 1 heterocycles. The molecule has 0 saturated carbocycles. The highest BCUT2D eigenvalue weighted by Gasteiger charge is 2.23. The van der Waals surface area contributed by atoms with Gasteiger partial charge in [0, 0.05) is 44.9 Å². The van der Waals surface area contributed by atoms with Crippen LogP contribution in [0.4, 0.5) is 11.4 Å². The first-order valence-electron chi connectivity index (χ1n) is 8.07. The van der Waals surface area contributed by atoms with Crippen molar-refractivity contribution in [2.24, 2.45) is 0 Å². The molecule has 0 spiro atoms. The van der Waals surface area contributed by atoms with Crippen molar-refractivity contribution in [1.82, 2.24) is 4.90 Å². The number of carbonyl (C=O) groups is 1. The van der Waals surface area contributed by atoms with Crippen LogP contribution in [0.5, 0.6) is 0 Å². The summed E-state index contributed by atoms with van der Waals surface area (Å²) in [6.45, 7) is 3.85. The Bertz CT molecular complexity index is 771. The summed E-state index contributed by atoms with van der Waals surface area (Å²) >= 11 is 0. The predicted octanol–water partition coefficient (Wildman–Crippen LogP) is 2.62. The normalized spacial score (nSPS) is 15.1. The fourth-order valence-electron chi connectivity index (χ4n) is 3.07. The zero-order valence-corrected chi connectivity index (χ0v) is 13.7. The summed E-state index contributed by atoms with van der Waals surface area (Å²) in [6.07, 6.45) is 0. The zero-order chi connectivity index (χ0) is 17.8. The molecule has 1 aliphatic rings. The maximum atomic E-state index is 11.5. The molecule has 25 heavy (non-hydrogen) atoms. The third-order valence-corrected chi connectivity index (χ3v) is 4.38. The lowest BCUT2D eigenvalue weighted by molar-refractivity contribution is -0.384. The summed E-state index contributed by atoms with van der Waals surface area (Å²) in [7, 11) is 0. The van der Waals surface area contributed by atoms with E-state index in [9.17, 15) is 20.0 Å². The van der Waals surface area contributed by atoms with Crippen LogP contribution in [0.15, 0.2) is 48.5 Å². The van der Waals surface area contributed by atoms with Crippen LogP contribution < -0.4 is 4.90 Å². The van der Waals surface area contributed by atoms with E-state index in [0.717, 1.165) is 25.7 Å². The number of piperazine rings is 1. The molecule has 1 saturated heterocycles. The van der Waals surface area contributed by atoms with Gasteiger partial charge in [-0.05, 0) is 11.6 Å². The molecule has 0 unspecified atom stereocenters. The number of rotatable bonds is 5. The van der Waals surface area contributed by atoms with Crippen LogP contribution in [-0.4, -0.2) is 47.1 Å². The van der Waals surface area contributed by atoms with Crippen LogP contribution in [0, 0.1) is 10.1 Å². The fraction of sp³-hybridized carbons (Fsp3) is 0.278. The number of aromatic carboxylic acids is 1. The van der Waals surface area contributed by atoms with E-state index in [1.807, 2.05) is 23.1 Å². The summed E-state index contributed by atoms with van der Waals surface area (Å²) in [5.74, 6) is -1.15. The Morgan fingerprint density at radius 1 is 1.08 bits per heavy atom. The molecule has 0 aromatic heterocycles. The second-order valence-corrected chi connectivity index (χ2v) is 6.01. The van der Waals surface area contributed by atoms with E-state index in [2.05, 4.69) is 17.0 Å². The number of hydrogen-bond acceptors (Lipinski definition) is 5. The smallest absolute Gasteiger partial charge is 0.338 e. The Labute approximate surface area is 145 Å². The maximum absolute atomic E-state index is 11.5. The van der Waals surface area contributed by atoms with Gasteiger partial charge in [0.25, 0.3) is 5.69 Å². The van der Waals surface area contributed by atoms with Gasteiger partial charge in [0.05, 0.1) is 16.2 Å². The molecule has 130 valence electrons. The van der Waals surface area contributed by atoms with Crippen LogP contribution in [0.3, 0.4) is 0 Å². The Hall–Kier alpha value is -2.93. The van der Waals surface area contributed by atoms with Gasteiger partial charge in [-0.3, -0.25) is 15.0 Å². The van der Waals surface area contributed by atoms with E-state index >= 15 is 0 Å². The number of nitrogens with zero attached hydrogens (tertiary/aromatic N) is 3. The summed E-state index contributed by atoms with van der Waals surface area (Å²) < 4.78 is 0. The van der Waals surface area contributed by atoms with Gasteiger partial charge in [0.1, 0.15) is 0 Å². The molecule has 7 heteroatoms. The van der Waals surface area contributed by atoms with E-state index < -0.39 is 10.9 Å². The van der Waals surface area contributed by atoms with Crippen molar-refractivity contribution in [2.45, 2.75) is 6.54 Å². The fourth-order valence-corrected chi connectivity index (χ4v) is 3.07. The molecule has 0 amide bonds. The minimum absolute atomic E-state index is 0.0225. The lowest BCUT2D eigenvalue weighted by atomic mass is 10.1. The first-order chi connectivity index (χ1) is 12.0. The van der Waals surface area contributed by atoms with Gasteiger partial charge < -0.3 is 10.0 Å². The number of anilines is 1. The molecule has 1 N–H and O–H groups in total. The van der Waals surface area contributed by atoms with Gasteiger partial charge in [-0.2, -0.15) is 0 Å². The molecular weight excluding hydrogens is 322 g/mol. The van der Waals surface area contributed by atoms with Gasteiger partial charge in [-0.1, -0.05) is 30.3 Å². The van der Waals surface area contributed by atoms with Gasteiger partial charge >= 0.3 is 5.97 Å². The SMILES string of the molecule is O=C(O)c1cc([N+](=O)[O-])ccc1N1CCN(Cc2ccccc2)CC1. The standard InChI is InChI=1S/C18H19N3O4/c22-18(23)16-12-15(21(24)25)6-7-17(16)20-10-8-19(9-11-20)13-14-4-2-1-3-5-14/h1-7,12H,8-11,13H2,(H,22,23). The van der Waals surface area contributed by atoms with Crippen LogP contribution in [-0.2, 0) is 6.54 Å². The molecule has 3 rings (SSSR count). The number of carboxylic acid groups (broad SMARTS) is 1. The van der Waals surface area contributed by atoms with Crippen molar-refractivity contribution in [3.63, 3.8) is 0 Å². The number of benzene rings is 2. The maximum Gasteiger partial charge on any atom is 0.338 e. The number of nitro benzene ring substituents is 1. The highest BCUT2D eigenvalue weighted by Crippen LogP contribution is 2.26. The molecule has 1 fully saturated rings. The second-order valence-electron chi connectivity index (χ2n) is 6.01. The lowest BCUT2D eigenvalue weighted by Crippen LogP contribution is -2.46. The molecular formula is C18H19N3O4. The quantitative estimate of drug-likeness (QED) is 0.664. The lowest BCUT2D eigenvalue weighted by Gasteiger charge is -2.36. The van der Waals surface area contributed by atoms with Crippen molar-refractivity contribution in [3.8, 4) is 0 Å². The van der Waals surface area contributed by atoms with Crippen molar-refractivity contribution in [3.05, 3.63) is 69.8 Å². The summed E-state index contributed by atoms with van der Waals surface area (Å²) in [6, 6.07) is 14.2. The largest absolute Gasteiger partial charge is 0.478 e. The monoisotopic (exact) mass is 341 g/mol. The Morgan fingerprint density at radius 2 is 1.76 bits per heavy atom. The Kier molecular flexibility index (Phi) is 4.95. The minimum atomic E-state index is -1.15. The molecule has 2 aromatic rings. The van der Waals surface area contributed by atoms with Crippen LogP contribution in [0.2, 0.25) is 0 Å². The average molecular weight is 341 g/mol. The number of carboxylic acids is 1. The molecule has 1 aliphatic heterocycles. The average Bonchev–Trinajstić information content (AvgIpc) is 2.62. The third kappa shape index (κ3) is 3.95. The number of non-ortho nitro benzene ring substituents is 1. The molecule has 0 radical (unpaired) electrons. The highest BCUT2D eigenvalue weighted by atomic mass is 16.6. The Balaban J connectivity index is 1.70. The van der Waals surface area contributed by atoms with Gasteiger partial charge in [0.2, 0.25) is 0 Å². The molecule has 2 aromatic carbocycles. The van der Waals surface area contributed by atoms with E-state index in [1.165, 1.54) is 17.7 Å². The van der Waals surface area contributed by atoms with Crippen LogP contribution >= 0.6 is 0 Å². The van der Waals surface area contributed by atoms with Crippen molar-refractivity contribution in [2.75, 3.05) is 31.1 Å². The van der Waals surface area contributed by atoms with Crippen LogP contribution in [0.25, 0.3) is 0 Å². The van der Waals surface area contributed by atoms with Gasteiger partial charge in [0.15, 0.2) is 0 Å². The topological polar surface area (TPSA) is 86.9 Å². The van der Waals surface area contributed by atoms with Crippen molar-refractivity contribution >= 4 is 17.3 Å². The van der Waals surface area contributed by atoms with Crippen LogP contribution in [0.1, 0.15) is 15.9 Å². The summed E-state index contributed by atoms with van der Waals surface area (Å²) in [5, 5.41) is 20.3. The first-order valence-corrected chi connectivity index (χ1v) is 8.07. The van der Waals surface area contributed by atoms with E-state index in [1.54, 1.807) is 0 Å². The molecule has 0 bridgehead atoms. The second kappa shape index (κ2) is 7.31. The first kappa shape index (κ1) is 16.9. The number of hydrogen-bond donors (Lipinski definition) is 1. The van der Waals surface area contributed by atoms with E-state index in [0.29, 0.717) is 18.8 Å². The van der Waals surface area contributed by atoms with Gasteiger partial charge in [-0.25, -0.2) is 4.79 Å². The molecule has 7 nitrogen and oxygen atoms in total. The van der Waals surface area contributed by atoms with Crippen molar-refractivity contribution < 1.29 is 14.8 Å². The molecule has 0 aliphatic carbocycles. The minimum Gasteiger partial charge on any atom is -0.478 e. The van der Waals surface area contributed by atoms with E-state index in [4.69, 9.17) is 0 Å². The summed E-state index contributed by atoms with van der Waals surface area (Å²) in [4.78, 5) is 26.1. The highest BCUT2D eigenvalue weighted by molar-refractivity contribution is 5.95. The number of nitro groups is 1. The van der Waals surface area contributed by atoms with Crippen molar-refractivity contribution in [1.29, 1.82) is 0 Å². The Morgan fingerprint density at radius 3 is 2.36 bits per heavy atom. The summed E-state index contributed by atoms with van der Waals surface area (Å²) in [5.41, 5.74) is 1.56. The molecule has 0 atom stereocenters. The van der Waals surface area contributed by atoms with E-state index in [-0.39, 0.29) is 11.3 Å². The zero-order valence-electron chi connectivity index (χ0n) is 13.7. The third-order valence-electron chi connectivity index (χ3n) is 4.38. The van der Waals surface area contributed by atoms with Gasteiger partial charge in [-0.15, -0.1) is 0 Å².